The molecule has 1 rings (SSSR count). The molecule has 0 aliphatic heterocycles. The van der Waals surface area contributed by atoms with Crippen LogP contribution in [0.15, 0.2) is 24.3 Å². The van der Waals surface area contributed by atoms with Crippen LogP contribution in [0.25, 0.3) is 0 Å². The maximum atomic E-state index is 10.6. The molecule has 0 saturated heterocycles. The van der Waals surface area contributed by atoms with E-state index in [1.54, 1.807) is 6.92 Å². The summed E-state index contributed by atoms with van der Waals surface area (Å²) in [5, 5.41) is 0.914. The molecule has 1 radical (unpaired) electrons. The molecule has 1 nitrogen and oxygen atoms in total. The van der Waals surface area contributed by atoms with Crippen LogP contribution in [0.5, 0.6) is 0 Å². The molecule has 0 N–H and O–H groups in total. The molecule has 1 aromatic carbocycles. The first-order chi connectivity index (χ1) is 5.29. The number of carbonyl (C=O) groups excluding carboxylic acids is 1. The van der Waals surface area contributed by atoms with Gasteiger partial charge in [0.1, 0.15) is 0 Å². The van der Waals surface area contributed by atoms with Crippen molar-refractivity contribution in [2.45, 2.75) is 12.2 Å². The van der Waals surface area contributed by atoms with E-state index >= 15 is 0 Å². The molecule has 0 amide bonds. The number of benzene rings is 1. The Morgan fingerprint density at radius 3 is 2.73 bits per heavy atom. The van der Waals surface area contributed by atoms with Crippen molar-refractivity contribution >= 4 is 19.6 Å². The van der Waals surface area contributed by atoms with Crippen LogP contribution in [-0.2, 0) is 10.1 Å². The van der Waals surface area contributed by atoms with Gasteiger partial charge < -0.3 is 0 Å². The Kier molecular flexibility index (Phi) is 3.34. The SMILES string of the molecule is CC(=O)[Se]Cc1cc[c]cc1. The average molecular weight is 212 g/mol. The van der Waals surface area contributed by atoms with E-state index in [1.165, 1.54) is 5.56 Å². The molecular weight excluding hydrogens is 203 g/mol. The van der Waals surface area contributed by atoms with Gasteiger partial charge in [0.05, 0.1) is 0 Å². The van der Waals surface area contributed by atoms with Gasteiger partial charge in [0.25, 0.3) is 0 Å². The number of carbonyl (C=O) groups is 1. The van der Waals surface area contributed by atoms with Crippen LogP contribution in [0.4, 0.5) is 0 Å². The first-order valence-electron chi connectivity index (χ1n) is 3.37. The second-order valence-electron chi connectivity index (χ2n) is 2.19. The molecule has 0 unspecified atom stereocenters. The minimum absolute atomic E-state index is 0.126. The van der Waals surface area contributed by atoms with Gasteiger partial charge >= 0.3 is 72.6 Å². The zero-order valence-corrected chi connectivity index (χ0v) is 8.05. The Balaban J connectivity index is 2.45. The van der Waals surface area contributed by atoms with Crippen molar-refractivity contribution in [2.24, 2.45) is 0 Å². The van der Waals surface area contributed by atoms with E-state index in [0.717, 1.165) is 5.32 Å². The van der Waals surface area contributed by atoms with E-state index in [1.807, 2.05) is 24.3 Å². The molecule has 0 aliphatic rings. The Morgan fingerprint density at radius 1 is 1.55 bits per heavy atom. The van der Waals surface area contributed by atoms with Crippen molar-refractivity contribution in [1.29, 1.82) is 0 Å². The summed E-state index contributed by atoms with van der Waals surface area (Å²) in [4.78, 5) is 10.6. The maximum absolute atomic E-state index is 10.6. The molecule has 0 heterocycles. The summed E-state index contributed by atoms with van der Waals surface area (Å²) in [5.74, 6) is 0. The summed E-state index contributed by atoms with van der Waals surface area (Å²) in [6, 6.07) is 10.7. The molecule has 0 spiro atoms. The normalized spacial score (nSPS) is 9.55. The fourth-order valence-corrected chi connectivity index (χ4v) is 1.88. The Hall–Kier alpha value is -0.591. The molecule has 0 aliphatic carbocycles. The third-order valence-corrected chi connectivity index (χ3v) is 3.08. The predicted octanol–water partition coefficient (Wildman–Crippen LogP) is 1.24. The van der Waals surface area contributed by atoms with Crippen molar-refractivity contribution < 1.29 is 4.79 Å². The first kappa shape index (κ1) is 8.51. The summed E-state index contributed by atoms with van der Waals surface area (Å²) < 4.78 is 0.310. The molecule has 0 saturated carbocycles. The summed E-state index contributed by atoms with van der Waals surface area (Å²) in [6.45, 7) is 1.65. The second kappa shape index (κ2) is 4.32. The zero-order valence-electron chi connectivity index (χ0n) is 6.33. The van der Waals surface area contributed by atoms with Crippen molar-refractivity contribution in [2.75, 3.05) is 0 Å². The number of rotatable bonds is 3. The Labute approximate surface area is 73.0 Å². The topological polar surface area (TPSA) is 17.1 Å². The molecule has 0 atom stereocenters. The Bertz CT molecular complexity index is 231. The zero-order chi connectivity index (χ0) is 8.10. The standard InChI is InChI=1S/C9H9OSe/c1-8(10)11-7-9-5-3-2-4-6-9/h3-6H,7H2,1H3. The molecule has 2 heteroatoms. The number of hydrogen-bond acceptors (Lipinski definition) is 1. The summed E-state index contributed by atoms with van der Waals surface area (Å²) >= 11 is 0.126. The molecule has 11 heavy (non-hydrogen) atoms. The quantitative estimate of drug-likeness (QED) is 0.689. The third kappa shape index (κ3) is 3.35. The van der Waals surface area contributed by atoms with Gasteiger partial charge in [-0.05, 0) is 0 Å². The van der Waals surface area contributed by atoms with Crippen LogP contribution in [0, 0.1) is 6.07 Å². The van der Waals surface area contributed by atoms with E-state index in [9.17, 15) is 4.79 Å². The van der Waals surface area contributed by atoms with E-state index in [2.05, 4.69) is 6.07 Å². The Morgan fingerprint density at radius 2 is 2.18 bits per heavy atom. The number of hydrogen-bond donors (Lipinski definition) is 0. The van der Waals surface area contributed by atoms with Crippen LogP contribution in [-0.4, -0.2) is 19.6 Å². The van der Waals surface area contributed by atoms with Gasteiger partial charge in [0.2, 0.25) is 0 Å². The van der Waals surface area contributed by atoms with Crippen molar-refractivity contribution in [3.8, 4) is 0 Å². The molecule has 0 bridgehead atoms. The van der Waals surface area contributed by atoms with Gasteiger partial charge in [-0.2, -0.15) is 0 Å². The summed E-state index contributed by atoms with van der Waals surface area (Å²) in [7, 11) is 0. The van der Waals surface area contributed by atoms with Crippen LogP contribution in [0.1, 0.15) is 12.5 Å². The van der Waals surface area contributed by atoms with Gasteiger partial charge in [-0.1, -0.05) is 0 Å². The molecule has 57 valence electrons. The summed E-state index contributed by atoms with van der Waals surface area (Å²) in [6.07, 6.45) is 0. The predicted molar refractivity (Wildman–Crippen MR) is 45.4 cm³/mol. The van der Waals surface area contributed by atoms with E-state index in [-0.39, 0.29) is 15.0 Å². The summed E-state index contributed by atoms with van der Waals surface area (Å²) in [5.41, 5.74) is 1.24. The van der Waals surface area contributed by atoms with Crippen LogP contribution >= 0.6 is 0 Å². The minimum atomic E-state index is 0.126. The van der Waals surface area contributed by atoms with Crippen LogP contribution < -0.4 is 0 Å². The first-order valence-corrected chi connectivity index (χ1v) is 5.44. The fourth-order valence-electron chi connectivity index (χ4n) is 0.703. The molecular formula is C9H9OSe. The average Bonchev–Trinajstić information content (AvgIpc) is 2.03. The van der Waals surface area contributed by atoms with E-state index < -0.39 is 0 Å². The van der Waals surface area contributed by atoms with E-state index in [4.69, 9.17) is 0 Å². The van der Waals surface area contributed by atoms with Crippen LogP contribution in [0.2, 0.25) is 0 Å². The molecule has 1 aromatic rings. The monoisotopic (exact) mass is 213 g/mol. The van der Waals surface area contributed by atoms with Crippen molar-refractivity contribution in [3.63, 3.8) is 0 Å². The van der Waals surface area contributed by atoms with Gasteiger partial charge in [-0.3, -0.25) is 0 Å². The van der Waals surface area contributed by atoms with Gasteiger partial charge in [-0.25, -0.2) is 0 Å². The van der Waals surface area contributed by atoms with Gasteiger partial charge in [0, 0.05) is 0 Å². The van der Waals surface area contributed by atoms with Crippen LogP contribution in [0.3, 0.4) is 0 Å². The van der Waals surface area contributed by atoms with Gasteiger partial charge in [0.15, 0.2) is 0 Å². The van der Waals surface area contributed by atoms with Crippen molar-refractivity contribution in [1.82, 2.24) is 0 Å². The molecule has 0 fully saturated rings. The van der Waals surface area contributed by atoms with E-state index in [0.29, 0.717) is 4.68 Å². The van der Waals surface area contributed by atoms with Crippen molar-refractivity contribution in [3.05, 3.63) is 35.9 Å². The third-order valence-electron chi connectivity index (χ3n) is 1.23. The fraction of sp³-hybridized carbons (Fsp3) is 0.222. The van der Waals surface area contributed by atoms with Gasteiger partial charge in [-0.15, -0.1) is 0 Å². The second-order valence-corrected chi connectivity index (χ2v) is 4.61. The molecule has 0 aromatic heterocycles.